The summed E-state index contributed by atoms with van der Waals surface area (Å²) >= 11 is 1.70. The van der Waals surface area contributed by atoms with E-state index in [0.29, 0.717) is 19.0 Å². The molecule has 0 aromatic carbocycles. The van der Waals surface area contributed by atoms with Crippen LogP contribution in [-0.2, 0) is 11.2 Å². The third-order valence-corrected chi connectivity index (χ3v) is 5.02. The summed E-state index contributed by atoms with van der Waals surface area (Å²) in [5, 5.41) is 10.6. The van der Waals surface area contributed by atoms with Crippen LogP contribution in [0.1, 0.15) is 12.0 Å². The largest absolute Gasteiger partial charge is 0.370 e. The van der Waals surface area contributed by atoms with Gasteiger partial charge in [-0.25, -0.2) is 4.98 Å². The number of nitrogens with zero attached hydrogens (tertiary/aromatic N) is 2. The minimum Gasteiger partial charge on any atom is -0.370 e. The Morgan fingerprint density at radius 2 is 2.33 bits per heavy atom. The number of thiophene rings is 1. The highest BCUT2D eigenvalue weighted by molar-refractivity contribution is 7.07. The first-order valence-electron chi connectivity index (χ1n) is 8.44. The topological polar surface area (TPSA) is 57.3 Å². The van der Waals surface area contributed by atoms with Crippen molar-refractivity contribution in [1.29, 1.82) is 0 Å². The lowest BCUT2D eigenvalue weighted by Crippen LogP contribution is -2.37. The number of anilines is 1. The molecule has 1 atom stereocenters. The fourth-order valence-corrected chi connectivity index (χ4v) is 3.68. The molecule has 0 aliphatic carbocycles. The molecule has 3 heterocycles. The minimum atomic E-state index is 0.128. The van der Waals surface area contributed by atoms with Crippen molar-refractivity contribution in [2.24, 2.45) is 5.92 Å². The maximum Gasteiger partial charge on any atom is 0.234 e. The zero-order chi connectivity index (χ0) is 16.6. The summed E-state index contributed by atoms with van der Waals surface area (Å²) in [5.74, 6) is 1.62. The van der Waals surface area contributed by atoms with Crippen molar-refractivity contribution in [2.45, 2.75) is 12.8 Å². The Morgan fingerprint density at radius 3 is 3.12 bits per heavy atom. The van der Waals surface area contributed by atoms with Crippen molar-refractivity contribution >= 4 is 23.1 Å². The molecule has 1 unspecified atom stereocenters. The van der Waals surface area contributed by atoms with E-state index >= 15 is 0 Å². The predicted molar refractivity (Wildman–Crippen MR) is 98.3 cm³/mol. The molecule has 128 valence electrons. The van der Waals surface area contributed by atoms with Gasteiger partial charge in [0.2, 0.25) is 5.91 Å². The third-order valence-electron chi connectivity index (χ3n) is 4.29. The van der Waals surface area contributed by atoms with Crippen LogP contribution in [0.5, 0.6) is 0 Å². The van der Waals surface area contributed by atoms with Crippen molar-refractivity contribution < 1.29 is 4.79 Å². The van der Waals surface area contributed by atoms with E-state index in [9.17, 15) is 4.79 Å². The van der Waals surface area contributed by atoms with Crippen LogP contribution in [0.4, 0.5) is 5.82 Å². The predicted octanol–water partition coefficient (Wildman–Crippen LogP) is 2.24. The van der Waals surface area contributed by atoms with Gasteiger partial charge in [-0.15, -0.1) is 0 Å². The Labute approximate surface area is 147 Å². The molecule has 2 N–H and O–H groups in total. The van der Waals surface area contributed by atoms with Crippen molar-refractivity contribution in [2.75, 3.05) is 38.0 Å². The Morgan fingerprint density at radius 1 is 1.38 bits per heavy atom. The fourth-order valence-electron chi connectivity index (χ4n) is 2.98. The third kappa shape index (κ3) is 5.32. The Kier molecular flexibility index (Phi) is 6.20. The highest BCUT2D eigenvalue weighted by Gasteiger charge is 2.23. The normalized spacial score (nSPS) is 17.8. The van der Waals surface area contributed by atoms with Gasteiger partial charge in [-0.05, 0) is 59.8 Å². The van der Waals surface area contributed by atoms with Gasteiger partial charge >= 0.3 is 0 Å². The summed E-state index contributed by atoms with van der Waals surface area (Å²) < 4.78 is 0. The Bertz CT molecular complexity index is 617. The number of carbonyl (C=O) groups is 1. The number of hydrogen-bond donors (Lipinski definition) is 2. The zero-order valence-corrected chi connectivity index (χ0v) is 14.6. The maximum absolute atomic E-state index is 12.0. The Balaban J connectivity index is 1.31. The van der Waals surface area contributed by atoms with Gasteiger partial charge in [-0.1, -0.05) is 6.07 Å². The number of nitrogens with one attached hydrogen (secondary N) is 2. The van der Waals surface area contributed by atoms with Gasteiger partial charge in [-0.2, -0.15) is 11.3 Å². The van der Waals surface area contributed by atoms with Crippen molar-refractivity contribution in [3.63, 3.8) is 0 Å². The van der Waals surface area contributed by atoms with Gasteiger partial charge in [0.05, 0.1) is 6.54 Å². The van der Waals surface area contributed by atoms with E-state index in [2.05, 4.69) is 37.3 Å². The van der Waals surface area contributed by atoms with Crippen molar-refractivity contribution in [1.82, 2.24) is 15.2 Å². The van der Waals surface area contributed by atoms with Gasteiger partial charge in [0.15, 0.2) is 0 Å². The molecule has 1 saturated heterocycles. The smallest absolute Gasteiger partial charge is 0.234 e. The molecule has 1 fully saturated rings. The summed E-state index contributed by atoms with van der Waals surface area (Å²) in [7, 11) is 0. The Hall–Kier alpha value is -1.92. The van der Waals surface area contributed by atoms with Crippen LogP contribution in [0.2, 0.25) is 0 Å². The van der Waals surface area contributed by atoms with Crippen LogP contribution >= 0.6 is 11.3 Å². The highest BCUT2D eigenvalue weighted by Crippen LogP contribution is 2.16. The number of pyridine rings is 1. The molecule has 0 saturated carbocycles. The van der Waals surface area contributed by atoms with Crippen LogP contribution in [0.25, 0.3) is 0 Å². The molecule has 5 nitrogen and oxygen atoms in total. The van der Waals surface area contributed by atoms with Gasteiger partial charge < -0.3 is 10.6 Å². The monoisotopic (exact) mass is 344 g/mol. The van der Waals surface area contributed by atoms with Crippen LogP contribution < -0.4 is 10.6 Å². The van der Waals surface area contributed by atoms with Crippen molar-refractivity contribution in [3.05, 3.63) is 46.8 Å². The van der Waals surface area contributed by atoms with Gasteiger partial charge in [0.1, 0.15) is 5.82 Å². The molecule has 3 rings (SSSR count). The molecule has 1 amide bonds. The lowest BCUT2D eigenvalue weighted by Gasteiger charge is -2.16. The van der Waals surface area contributed by atoms with E-state index < -0.39 is 0 Å². The average molecular weight is 344 g/mol. The number of rotatable bonds is 8. The molecule has 24 heavy (non-hydrogen) atoms. The van der Waals surface area contributed by atoms with E-state index in [-0.39, 0.29) is 5.91 Å². The highest BCUT2D eigenvalue weighted by atomic mass is 32.1. The summed E-state index contributed by atoms with van der Waals surface area (Å²) in [6, 6.07) is 7.99. The molecular formula is C18H24N4OS. The van der Waals surface area contributed by atoms with E-state index in [1.807, 2.05) is 18.2 Å². The summed E-state index contributed by atoms with van der Waals surface area (Å²) in [6.07, 6.45) is 3.83. The van der Waals surface area contributed by atoms with Gasteiger partial charge in [0.25, 0.3) is 0 Å². The summed E-state index contributed by atoms with van der Waals surface area (Å²) in [4.78, 5) is 18.6. The standard InChI is InChI=1S/C18H24N4OS/c23-18(20-8-4-15-6-10-24-14-15)13-22-9-5-16(12-22)11-21-17-3-1-2-7-19-17/h1-3,6-7,10,14,16H,4-5,8-9,11-13H2,(H,19,21)(H,20,23). The second-order valence-electron chi connectivity index (χ2n) is 6.22. The molecule has 2 aromatic rings. The molecule has 1 aliphatic rings. The molecule has 2 aromatic heterocycles. The summed E-state index contributed by atoms with van der Waals surface area (Å²) in [6.45, 7) is 4.09. The molecule has 0 radical (unpaired) electrons. The number of carbonyl (C=O) groups excluding carboxylic acids is 1. The average Bonchev–Trinajstić information content (AvgIpc) is 3.26. The van der Waals surface area contributed by atoms with Crippen LogP contribution in [0, 0.1) is 5.92 Å². The van der Waals surface area contributed by atoms with Crippen molar-refractivity contribution in [3.8, 4) is 0 Å². The van der Waals surface area contributed by atoms with E-state index in [4.69, 9.17) is 0 Å². The quantitative estimate of drug-likeness (QED) is 0.771. The lowest BCUT2D eigenvalue weighted by atomic mass is 10.1. The van der Waals surface area contributed by atoms with E-state index in [0.717, 1.165) is 38.3 Å². The summed E-state index contributed by atoms with van der Waals surface area (Å²) in [5.41, 5.74) is 1.29. The lowest BCUT2D eigenvalue weighted by molar-refractivity contribution is -0.122. The first-order chi connectivity index (χ1) is 11.8. The fraction of sp³-hybridized carbons (Fsp3) is 0.444. The molecule has 1 aliphatic heterocycles. The van der Waals surface area contributed by atoms with Crippen LogP contribution in [-0.4, -0.2) is 48.5 Å². The van der Waals surface area contributed by atoms with E-state index in [1.54, 1.807) is 17.5 Å². The second kappa shape index (κ2) is 8.80. The number of amides is 1. The second-order valence-corrected chi connectivity index (χ2v) is 7.00. The molecule has 0 bridgehead atoms. The number of hydrogen-bond acceptors (Lipinski definition) is 5. The van der Waals surface area contributed by atoms with Gasteiger partial charge in [-0.3, -0.25) is 9.69 Å². The van der Waals surface area contributed by atoms with Gasteiger partial charge in [0, 0.05) is 25.8 Å². The molecular weight excluding hydrogens is 320 g/mol. The molecule has 0 spiro atoms. The first kappa shape index (κ1) is 16.9. The zero-order valence-electron chi connectivity index (χ0n) is 13.8. The van der Waals surface area contributed by atoms with E-state index in [1.165, 1.54) is 5.56 Å². The first-order valence-corrected chi connectivity index (χ1v) is 9.39. The van der Waals surface area contributed by atoms with Crippen LogP contribution in [0.15, 0.2) is 41.2 Å². The SMILES string of the molecule is O=C(CN1CCC(CNc2ccccn2)C1)NCCc1ccsc1. The van der Waals surface area contributed by atoms with Crippen LogP contribution in [0.3, 0.4) is 0 Å². The maximum atomic E-state index is 12.0. The number of aromatic nitrogens is 1. The molecule has 6 heteroatoms. The number of likely N-dealkylation sites (tertiary alicyclic amines) is 1. The minimum absolute atomic E-state index is 0.128.